The van der Waals surface area contributed by atoms with Gasteiger partial charge in [0.05, 0.1) is 26.5 Å². The van der Waals surface area contributed by atoms with Crippen LogP contribution in [0.4, 0.5) is 5.69 Å². The zero-order chi connectivity index (χ0) is 21.1. The average Bonchev–Trinajstić information content (AvgIpc) is 3.10. The molecule has 0 unspecified atom stereocenters. The number of halogens is 1. The summed E-state index contributed by atoms with van der Waals surface area (Å²) < 4.78 is 11.4. The summed E-state index contributed by atoms with van der Waals surface area (Å²) in [6.45, 7) is 0.659. The summed E-state index contributed by atoms with van der Waals surface area (Å²) in [5, 5.41) is 5.11. The number of hydrogen-bond acceptors (Lipinski definition) is 5. The first-order valence-corrected chi connectivity index (χ1v) is 11.1. The monoisotopic (exact) mass is 456 g/mol. The Morgan fingerprint density at radius 3 is 2.00 bits per heavy atom. The molecule has 0 aromatic heterocycles. The van der Waals surface area contributed by atoms with Gasteiger partial charge >= 0.3 is 0 Å². The third-order valence-electron chi connectivity index (χ3n) is 4.89. The van der Waals surface area contributed by atoms with Crippen LogP contribution in [0.1, 0.15) is 16.5 Å². The lowest BCUT2D eigenvalue weighted by atomic mass is 10.2. The van der Waals surface area contributed by atoms with Gasteiger partial charge in [-0.25, -0.2) is 0 Å². The minimum Gasteiger partial charge on any atom is -0.497 e. The van der Waals surface area contributed by atoms with Gasteiger partial charge in [0.1, 0.15) is 16.9 Å². The molecule has 3 aromatic carbocycles. The van der Waals surface area contributed by atoms with Crippen LogP contribution in [-0.4, -0.2) is 23.5 Å². The second-order valence-corrected chi connectivity index (χ2v) is 8.89. The van der Waals surface area contributed by atoms with Crippen LogP contribution < -0.4 is 14.5 Å². The molecule has 0 N–H and O–H groups in total. The van der Waals surface area contributed by atoms with Crippen LogP contribution in [0.3, 0.4) is 0 Å². The quantitative estimate of drug-likeness (QED) is 0.403. The van der Waals surface area contributed by atoms with E-state index in [0.717, 1.165) is 37.7 Å². The Kier molecular flexibility index (Phi) is 6.37. The number of benzene rings is 3. The molecule has 1 aliphatic rings. The van der Waals surface area contributed by atoms with Crippen LogP contribution >= 0.6 is 35.6 Å². The Morgan fingerprint density at radius 2 is 1.43 bits per heavy atom. The Bertz CT molecular complexity index is 1010. The Labute approximate surface area is 191 Å². The Hall–Kier alpha value is -2.41. The van der Waals surface area contributed by atoms with Gasteiger partial charge in [-0.15, -0.1) is 0 Å². The fourth-order valence-electron chi connectivity index (χ4n) is 3.31. The minimum absolute atomic E-state index is 0.0152. The summed E-state index contributed by atoms with van der Waals surface area (Å²) in [4.78, 5) is 0. The molecule has 1 saturated heterocycles. The molecule has 0 spiro atoms. The van der Waals surface area contributed by atoms with E-state index in [1.165, 1.54) is 0 Å². The molecule has 3 aromatic rings. The minimum atomic E-state index is 0.0152. The number of methoxy groups -OCH3 is 2. The molecule has 0 saturated carbocycles. The molecule has 1 aliphatic heterocycles. The predicted octanol–water partition coefficient (Wildman–Crippen LogP) is 6.31. The van der Waals surface area contributed by atoms with E-state index in [0.29, 0.717) is 6.54 Å². The first-order chi connectivity index (χ1) is 14.6. The number of ether oxygens (including phenoxy) is 2. The SMILES string of the molecule is COc1ccc(CN2C(=S)S[C@H](c3ccc(Cl)cc3)N2c2ccc(OC)cc2)cc1. The number of anilines is 1. The maximum Gasteiger partial charge on any atom is 0.157 e. The lowest BCUT2D eigenvalue weighted by Gasteiger charge is -2.34. The first-order valence-electron chi connectivity index (χ1n) is 9.39. The van der Waals surface area contributed by atoms with Crippen molar-refractivity contribution < 1.29 is 9.47 Å². The van der Waals surface area contributed by atoms with E-state index in [1.54, 1.807) is 26.0 Å². The van der Waals surface area contributed by atoms with Gasteiger partial charge < -0.3 is 9.47 Å². The van der Waals surface area contributed by atoms with Crippen LogP contribution in [0.25, 0.3) is 0 Å². The molecule has 1 fully saturated rings. The van der Waals surface area contributed by atoms with Crippen molar-refractivity contribution in [2.75, 3.05) is 19.2 Å². The van der Waals surface area contributed by atoms with E-state index in [-0.39, 0.29) is 5.37 Å². The number of rotatable bonds is 6. The van der Waals surface area contributed by atoms with Crippen LogP contribution in [0.2, 0.25) is 5.02 Å². The lowest BCUT2D eigenvalue weighted by Crippen LogP contribution is -2.39. The van der Waals surface area contributed by atoms with Crippen LogP contribution in [0.15, 0.2) is 72.8 Å². The van der Waals surface area contributed by atoms with Crippen LogP contribution in [0.5, 0.6) is 11.5 Å². The van der Waals surface area contributed by atoms with E-state index >= 15 is 0 Å². The van der Waals surface area contributed by atoms with Crippen LogP contribution in [-0.2, 0) is 6.54 Å². The normalized spacial score (nSPS) is 16.1. The van der Waals surface area contributed by atoms with E-state index in [9.17, 15) is 0 Å². The van der Waals surface area contributed by atoms with Crippen molar-refractivity contribution in [1.82, 2.24) is 5.01 Å². The predicted molar refractivity (Wildman–Crippen MR) is 128 cm³/mol. The maximum atomic E-state index is 6.11. The maximum absolute atomic E-state index is 6.11. The van der Waals surface area contributed by atoms with Gasteiger partial charge in [-0.3, -0.25) is 10.0 Å². The Morgan fingerprint density at radius 1 is 0.867 bits per heavy atom. The van der Waals surface area contributed by atoms with Gasteiger partial charge in [-0.05, 0) is 59.7 Å². The molecule has 0 amide bonds. The average molecular weight is 457 g/mol. The summed E-state index contributed by atoms with van der Waals surface area (Å²) in [5.41, 5.74) is 3.32. The second kappa shape index (κ2) is 9.16. The summed E-state index contributed by atoms with van der Waals surface area (Å²) >= 11 is 13.6. The molecule has 0 aliphatic carbocycles. The number of hydrazine groups is 1. The lowest BCUT2D eigenvalue weighted by molar-refractivity contribution is 0.390. The molecule has 1 atom stereocenters. The second-order valence-electron chi connectivity index (χ2n) is 6.74. The first kappa shape index (κ1) is 20.8. The summed E-state index contributed by atoms with van der Waals surface area (Å²) in [7, 11) is 3.34. The number of hydrogen-bond donors (Lipinski definition) is 0. The number of thiocarbonyl (C=S) groups is 1. The molecule has 0 radical (unpaired) electrons. The molecular weight excluding hydrogens is 436 g/mol. The van der Waals surface area contributed by atoms with Crippen molar-refractivity contribution in [3.05, 3.63) is 88.9 Å². The van der Waals surface area contributed by atoms with E-state index in [2.05, 4.69) is 46.4 Å². The van der Waals surface area contributed by atoms with Crippen molar-refractivity contribution >= 4 is 45.6 Å². The molecule has 7 heteroatoms. The van der Waals surface area contributed by atoms with Crippen molar-refractivity contribution in [2.45, 2.75) is 11.9 Å². The summed E-state index contributed by atoms with van der Waals surface area (Å²) in [6, 6.07) is 24.0. The van der Waals surface area contributed by atoms with Gasteiger partial charge in [0.15, 0.2) is 4.32 Å². The van der Waals surface area contributed by atoms with Gasteiger partial charge in [-0.1, -0.05) is 59.8 Å². The van der Waals surface area contributed by atoms with Gasteiger partial charge in [0, 0.05) is 5.02 Å². The van der Waals surface area contributed by atoms with Crippen molar-refractivity contribution in [1.29, 1.82) is 0 Å². The largest absolute Gasteiger partial charge is 0.497 e. The highest BCUT2D eigenvalue weighted by Crippen LogP contribution is 2.46. The topological polar surface area (TPSA) is 24.9 Å². The zero-order valence-electron chi connectivity index (χ0n) is 16.6. The highest BCUT2D eigenvalue weighted by Gasteiger charge is 2.37. The van der Waals surface area contributed by atoms with Crippen LogP contribution in [0, 0.1) is 0 Å². The fraction of sp³-hybridized carbons (Fsp3) is 0.174. The Balaban J connectivity index is 1.70. The van der Waals surface area contributed by atoms with E-state index in [1.807, 2.05) is 36.4 Å². The molecule has 4 nitrogen and oxygen atoms in total. The summed E-state index contributed by atoms with van der Waals surface area (Å²) in [5.74, 6) is 1.65. The molecule has 1 heterocycles. The van der Waals surface area contributed by atoms with E-state index in [4.69, 9.17) is 33.3 Å². The standard InChI is InChI=1S/C23H21ClN2O2S2/c1-27-20-11-3-16(4-12-20)15-25-23(29)30-22(17-5-7-18(24)8-6-17)26(25)19-9-13-21(28-2)14-10-19/h3-14,22H,15H2,1-2H3/t22-/m1/s1. The van der Waals surface area contributed by atoms with E-state index < -0.39 is 0 Å². The van der Waals surface area contributed by atoms with Crippen molar-refractivity contribution in [3.8, 4) is 11.5 Å². The van der Waals surface area contributed by atoms with Crippen molar-refractivity contribution in [2.24, 2.45) is 0 Å². The molecule has 0 bridgehead atoms. The van der Waals surface area contributed by atoms with Gasteiger partial charge in [0.25, 0.3) is 0 Å². The smallest absolute Gasteiger partial charge is 0.157 e. The third kappa shape index (κ3) is 4.36. The molecular formula is C23H21ClN2O2S2. The fourth-order valence-corrected chi connectivity index (χ4v) is 4.96. The molecule has 4 rings (SSSR count). The van der Waals surface area contributed by atoms with Gasteiger partial charge in [-0.2, -0.15) is 0 Å². The summed E-state index contributed by atoms with van der Waals surface area (Å²) in [6.07, 6.45) is 0. The molecule has 30 heavy (non-hydrogen) atoms. The highest BCUT2D eigenvalue weighted by atomic mass is 35.5. The molecule has 154 valence electrons. The number of thioether (sulfide) groups is 1. The zero-order valence-corrected chi connectivity index (χ0v) is 19.0. The highest BCUT2D eigenvalue weighted by molar-refractivity contribution is 8.23. The van der Waals surface area contributed by atoms with Gasteiger partial charge in [0.2, 0.25) is 0 Å². The van der Waals surface area contributed by atoms with Crippen molar-refractivity contribution in [3.63, 3.8) is 0 Å². The number of nitrogens with zero attached hydrogens (tertiary/aromatic N) is 2. The third-order valence-corrected chi connectivity index (χ3v) is 6.75.